The number of benzene rings is 1. The number of amides is 1. The zero-order chi connectivity index (χ0) is 22.4. The zero-order valence-corrected chi connectivity index (χ0v) is 19.5. The Labute approximate surface area is 191 Å². The number of thiocarbonyl (C=S) groups is 1. The van der Waals surface area contributed by atoms with Gasteiger partial charge in [-0.2, -0.15) is 0 Å². The Balaban J connectivity index is 1.68. The minimum atomic E-state index is -0.360. The van der Waals surface area contributed by atoms with Gasteiger partial charge >= 0.3 is 5.97 Å². The molecule has 1 atom stereocenters. The van der Waals surface area contributed by atoms with Gasteiger partial charge in [0.2, 0.25) is 5.91 Å². The summed E-state index contributed by atoms with van der Waals surface area (Å²) in [4.78, 5) is 26.0. The van der Waals surface area contributed by atoms with Crippen molar-refractivity contribution < 1.29 is 19.1 Å². The molecular formula is C23H26N2O4S2. The van der Waals surface area contributed by atoms with Crippen LogP contribution in [0.1, 0.15) is 46.6 Å². The Kier molecular flexibility index (Phi) is 7.81. The van der Waals surface area contributed by atoms with E-state index in [1.54, 1.807) is 20.1 Å². The molecule has 31 heavy (non-hydrogen) atoms. The van der Waals surface area contributed by atoms with E-state index in [1.807, 2.05) is 24.3 Å². The fraction of sp³-hybridized carbons (Fsp3) is 0.348. The molecule has 3 rings (SSSR count). The minimum absolute atomic E-state index is 0.140. The highest BCUT2D eigenvalue weighted by atomic mass is 32.1. The molecule has 0 aliphatic heterocycles. The molecule has 0 unspecified atom stereocenters. The first-order valence-electron chi connectivity index (χ1n) is 10.2. The first-order chi connectivity index (χ1) is 14.9. The molecule has 1 aromatic carbocycles. The van der Waals surface area contributed by atoms with Gasteiger partial charge in [0.25, 0.3) is 0 Å². The molecule has 164 valence electrons. The first kappa shape index (κ1) is 23.0. The molecule has 0 bridgehead atoms. The highest BCUT2D eigenvalue weighted by Gasteiger charge is 2.28. The van der Waals surface area contributed by atoms with E-state index < -0.39 is 0 Å². The van der Waals surface area contributed by atoms with Crippen LogP contribution < -0.4 is 15.4 Å². The summed E-state index contributed by atoms with van der Waals surface area (Å²) < 4.78 is 10.4. The van der Waals surface area contributed by atoms with Crippen molar-refractivity contribution in [2.75, 3.05) is 19.0 Å². The molecule has 8 heteroatoms. The van der Waals surface area contributed by atoms with Crippen LogP contribution in [0.3, 0.4) is 0 Å². The number of esters is 1. The summed E-state index contributed by atoms with van der Waals surface area (Å²) in [7, 11) is 1.60. The third-order valence-corrected chi connectivity index (χ3v) is 6.37. The topological polar surface area (TPSA) is 76.7 Å². The predicted octanol–water partition coefficient (Wildman–Crippen LogP) is 4.58. The van der Waals surface area contributed by atoms with E-state index >= 15 is 0 Å². The van der Waals surface area contributed by atoms with Gasteiger partial charge in [0, 0.05) is 11.0 Å². The Hall–Kier alpha value is -2.71. The van der Waals surface area contributed by atoms with E-state index in [2.05, 4.69) is 17.6 Å². The van der Waals surface area contributed by atoms with Gasteiger partial charge in [-0.05, 0) is 73.7 Å². The lowest BCUT2D eigenvalue weighted by Gasteiger charge is -2.18. The number of ether oxygens (including phenoxy) is 2. The molecule has 6 nitrogen and oxygen atoms in total. The summed E-state index contributed by atoms with van der Waals surface area (Å²) in [6.45, 7) is 4.29. The van der Waals surface area contributed by atoms with Crippen molar-refractivity contribution in [1.29, 1.82) is 0 Å². The third kappa shape index (κ3) is 5.92. The van der Waals surface area contributed by atoms with Gasteiger partial charge in [-0.15, -0.1) is 11.3 Å². The van der Waals surface area contributed by atoms with Gasteiger partial charge in [-0.1, -0.05) is 19.1 Å². The highest BCUT2D eigenvalue weighted by Crippen LogP contribution is 2.40. The molecular weight excluding hydrogens is 432 g/mol. The molecule has 0 spiro atoms. The number of hydrogen-bond donors (Lipinski definition) is 2. The maximum atomic E-state index is 12.6. The zero-order valence-electron chi connectivity index (χ0n) is 17.8. The van der Waals surface area contributed by atoms with Gasteiger partial charge in [0.1, 0.15) is 10.8 Å². The summed E-state index contributed by atoms with van der Waals surface area (Å²) in [5.74, 6) is 0.604. The summed E-state index contributed by atoms with van der Waals surface area (Å²) in [5.41, 5.74) is 2.44. The van der Waals surface area contributed by atoms with Crippen LogP contribution in [0.15, 0.2) is 30.3 Å². The number of rotatable bonds is 6. The number of carbonyl (C=O) groups excluding carboxylic acids is 2. The Morgan fingerprint density at radius 2 is 2.03 bits per heavy atom. The molecule has 0 radical (unpaired) electrons. The fourth-order valence-electron chi connectivity index (χ4n) is 3.43. The third-order valence-electron chi connectivity index (χ3n) is 5.00. The van der Waals surface area contributed by atoms with Crippen molar-refractivity contribution in [2.45, 2.75) is 33.1 Å². The van der Waals surface area contributed by atoms with Gasteiger partial charge in [-0.25, -0.2) is 4.79 Å². The maximum absolute atomic E-state index is 12.6. The second-order valence-electron chi connectivity index (χ2n) is 7.33. The van der Waals surface area contributed by atoms with E-state index in [0.717, 1.165) is 36.1 Å². The maximum Gasteiger partial charge on any atom is 0.341 e. The first-order valence-corrected chi connectivity index (χ1v) is 11.4. The number of thiophene rings is 1. The lowest BCUT2D eigenvalue weighted by molar-refractivity contribution is -0.115. The van der Waals surface area contributed by atoms with Crippen LogP contribution in [0.25, 0.3) is 6.08 Å². The SMILES string of the molecule is CCOC(=O)c1c(NC(=S)NC(=O)/C=C/c2ccc(OC)cc2)sc2c1CC[C@H](C)C2. The largest absolute Gasteiger partial charge is 0.497 e. The highest BCUT2D eigenvalue weighted by molar-refractivity contribution is 7.80. The van der Waals surface area contributed by atoms with E-state index in [9.17, 15) is 9.59 Å². The number of anilines is 1. The van der Waals surface area contributed by atoms with E-state index in [4.69, 9.17) is 21.7 Å². The molecule has 1 aliphatic carbocycles. The normalized spacial score (nSPS) is 15.3. The molecule has 0 saturated carbocycles. The smallest absolute Gasteiger partial charge is 0.341 e. The van der Waals surface area contributed by atoms with Crippen molar-refractivity contribution in [3.63, 3.8) is 0 Å². The van der Waals surface area contributed by atoms with Crippen molar-refractivity contribution in [3.05, 3.63) is 51.9 Å². The summed E-state index contributed by atoms with van der Waals surface area (Å²) in [5, 5.41) is 6.43. The molecule has 1 heterocycles. The molecule has 2 aromatic rings. The molecule has 1 amide bonds. The molecule has 2 N–H and O–H groups in total. The number of carbonyl (C=O) groups is 2. The van der Waals surface area contributed by atoms with Gasteiger partial charge in [0.05, 0.1) is 19.3 Å². The average molecular weight is 459 g/mol. The van der Waals surface area contributed by atoms with Crippen LogP contribution in [0.4, 0.5) is 5.00 Å². The molecule has 1 aromatic heterocycles. The second-order valence-corrected chi connectivity index (χ2v) is 8.84. The van der Waals surface area contributed by atoms with Crippen LogP contribution in [-0.2, 0) is 22.4 Å². The molecule has 1 aliphatic rings. The van der Waals surface area contributed by atoms with Crippen LogP contribution in [0.2, 0.25) is 0 Å². The minimum Gasteiger partial charge on any atom is -0.497 e. The number of methoxy groups -OCH3 is 1. The van der Waals surface area contributed by atoms with E-state index in [-0.39, 0.29) is 17.0 Å². The summed E-state index contributed by atoms with van der Waals surface area (Å²) in [6.07, 6.45) is 5.90. The van der Waals surface area contributed by atoms with Crippen molar-refractivity contribution in [1.82, 2.24) is 5.32 Å². The fourth-order valence-corrected chi connectivity index (χ4v) is 5.10. The standard InChI is InChI=1S/C23H26N2O4S2/c1-4-29-22(27)20-17-11-5-14(2)13-18(17)31-21(20)25-23(30)24-19(26)12-8-15-6-9-16(28-3)10-7-15/h6-10,12,14H,4-5,11,13H2,1-3H3,(H2,24,25,26,30)/b12-8+/t14-/m0/s1. The Bertz CT molecular complexity index is 996. The summed E-state index contributed by atoms with van der Waals surface area (Å²) >= 11 is 6.82. The van der Waals surface area contributed by atoms with Crippen molar-refractivity contribution in [3.8, 4) is 5.75 Å². The molecule has 0 fully saturated rings. The second kappa shape index (κ2) is 10.5. The van der Waals surface area contributed by atoms with Gasteiger partial charge in [0.15, 0.2) is 5.11 Å². The van der Waals surface area contributed by atoms with Crippen molar-refractivity contribution >= 4 is 51.6 Å². The Morgan fingerprint density at radius 1 is 1.29 bits per heavy atom. The van der Waals surface area contributed by atoms with Crippen LogP contribution in [0.5, 0.6) is 5.75 Å². The lowest BCUT2D eigenvalue weighted by atomic mass is 9.88. The van der Waals surface area contributed by atoms with E-state index in [1.165, 1.54) is 22.3 Å². The van der Waals surface area contributed by atoms with Crippen LogP contribution >= 0.6 is 23.6 Å². The van der Waals surface area contributed by atoms with Crippen LogP contribution in [0, 0.1) is 5.92 Å². The molecule has 0 saturated heterocycles. The van der Waals surface area contributed by atoms with Gasteiger partial charge in [-0.3, -0.25) is 10.1 Å². The predicted molar refractivity (Wildman–Crippen MR) is 128 cm³/mol. The van der Waals surface area contributed by atoms with Crippen molar-refractivity contribution in [2.24, 2.45) is 5.92 Å². The lowest BCUT2D eigenvalue weighted by Crippen LogP contribution is -2.33. The number of fused-ring (bicyclic) bond motifs is 1. The quantitative estimate of drug-likeness (QED) is 0.375. The van der Waals surface area contributed by atoms with Crippen LogP contribution in [-0.4, -0.2) is 30.7 Å². The Morgan fingerprint density at radius 3 is 2.71 bits per heavy atom. The van der Waals surface area contributed by atoms with E-state index in [0.29, 0.717) is 23.1 Å². The average Bonchev–Trinajstić information content (AvgIpc) is 3.09. The summed E-state index contributed by atoms with van der Waals surface area (Å²) in [6, 6.07) is 7.34. The number of hydrogen-bond acceptors (Lipinski definition) is 6. The monoisotopic (exact) mass is 458 g/mol. The number of nitrogens with one attached hydrogen (secondary N) is 2. The van der Waals surface area contributed by atoms with Gasteiger partial charge < -0.3 is 14.8 Å².